The van der Waals surface area contributed by atoms with Gasteiger partial charge in [0.05, 0.1) is 10.6 Å². The van der Waals surface area contributed by atoms with Gasteiger partial charge in [0.1, 0.15) is 4.21 Å². The molecular formula is C16H17N3O5S2. The molecule has 10 heteroatoms. The molecule has 1 aliphatic rings. The summed E-state index contributed by atoms with van der Waals surface area (Å²) in [6, 6.07) is 7.57. The smallest absolute Gasteiger partial charge is 0.273 e. The van der Waals surface area contributed by atoms with E-state index in [0.29, 0.717) is 25.1 Å². The Morgan fingerprint density at radius 1 is 1.35 bits per heavy atom. The van der Waals surface area contributed by atoms with Gasteiger partial charge in [-0.3, -0.25) is 19.2 Å². The molecule has 0 spiro atoms. The SMILES string of the molecule is CC(=O)NCCc1ccc(S(=O)(=O)N2CCc3ccc([N+](=O)[O-])cc32)s1. The summed E-state index contributed by atoms with van der Waals surface area (Å²) in [6.07, 6.45) is 1.06. The van der Waals surface area contributed by atoms with Gasteiger partial charge in [-0.1, -0.05) is 6.07 Å². The average Bonchev–Trinajstić information content (AvgIpc) is 3.21. The largest absolute Gasteiger partial charge is 0.356 e. The van der Waals surface area contributed by atoms with E-state index >= 15 is 0 Å². The zero-order valence-electron chi connectivity index (χ0n) is 14.0. The number of anilines is 1. The molecule has 0 unspecified atom stereocenters. The lowest BCUT2D eigenvalue weighted by Gasteiger charge is -2.18. The van der Waals surface area contributed by atoms with E-state index in [-0.39, 0.29) is 22.3 Å². The van der Waals surface area contributed by atoms with Gasteiger partial charge in [-0.15, -0.1) is 11.3 Å². The van der Waals surface area contributed by atoms with Crippen LogP contribution in [0.1, 0.15) is 17.4 Å². The van der Waals surface area contributed by atoms with Gasteiger partial charge in [-0.2, -0.15) is 0 Å². The van der Waals surface area contributed by atoms with E-state index < -0.39 is 14.9 Å². The van der Waals surface area contributed by atoms with Gasteiger partial charge in [-0.25, -0.2) is 8.42 Å². The molecule has 1 aromatic carbocycles. The zero-order chi connectivity index (χ0) is 18.9. The highest BCUT2D eigenvalue weighted by molar-refractivity contribution is 7.94. The summed E-state index contributed by atoms with van der Waals surface area (Å²) in [5, 5.41) is 13.7. The number of sulfonamides is 1. The molecule has 0 fully saturated rings. The van der Waals surface area contributed by atoms with Gasteiger partial charge in [0.25, 0.3) is 15.7 Å². The van der Waals surface area contributed by atoms with Crippen LogP contribution >= 0.6 is 11.3 Å². The molecule has 0 saturated carbocycles. The lowest BCUT2D eigenvalue weighted by Crippen LogP contribution is -2.28. The number of amides is 1. The normalized spacial score (nSPS) is 13.5. The third-order valence-corrected chi connectivity index (χ3v) is 7.48. The minimum Gasteiger partial charge on any atom is -0.356 e. The monoisotopic (exact) mass is 395 g/mol. The molecule has 0 atom stereocenters. The van der Waals surface area contributed by atoms with Crippen molar-refractivity contribution in [2.75, 3.05) is 17.4 Å². The molecule has 1 N–H and O–H groups in total. The van der Waals surface area contributed by atoms with E-state index in [2.05, 4.69) is 5.32 Å². The first kappa shape index (κ1) is 18.3. The van der Waals surface area contributed by atoms with Crippen LogP contribution in [0, 0.1) is 10.1 Å². The van der Waals surface area contributed by atoms with Crippen molar-refractivity contribution in [2.45, 2.75) is 24.0 Å². The highest BCUT2D eigenvalue weighted by Gasteiger charge is 2.33. The Kier molecular flexibility index (Phi) is 4.97. The Balaban J connectivity index is 1.84. The van der Waals surface area contributed by atoms with E-state index in [1.807, 2.05) is 0 Å². The predicted octanol–water partition coefficient (Wildman–Crippen LogP) is 2.09. The third kappa shape index (κ3) is 3.56. The topological polar surface area (TPSA) is 110 Å². The summed E-state index contributed by atoms with van der Waals surface area (Å²) < 4.78 is 27.4. The highest BCUT2D eigenvalue weighted by Crippen LogP contribution is 2.37. The first-order chi connectivity index (χ1) is 12.3. The van der Waals surface area contributed by atoms with E-state index in [1.54, 1.807) is 18.2 Å². The Bertz CT molecular complexity index is 968. The number of fused-ring (bicyclic) bond motifs is 1. The molecule has 26 heavy (non-hydrogen) atoms. The van der Waals surface area contributed by atoms with Crippen LogP contribution < -0.4 is 9.62 Å². The van der Waals surface area contributed by atoms with Crippen LogP contribution in [0.4, 0.5) is 11.4 Å². The van der Waals surface area contributed by atoms with Gasteiger partial charge in [0, 0.05) is 37.0 Å². The van der Waals surface area contributed by atoms with Crippen molar-refractivity contribution in [1.82, 2.24) is 5.32 Å². The van der Waals surface area contributed by atoms with E-state index in [4.69, 9.17) is 0 Å². The minimum atomic E-state index is -3.77. The molecule has 0 bridgehead atoms. The van der Waals surface area contributed by atoms with Crippen LogP contribution in [-0.4, -0.2) is 32.3 Å². The number of rotatable bonds is 6. The molecule has 138 valence electrons. The summed E-state index contributed by atoms with van der Waals surface area (Å²) in [5.41, 5.74) is 1.02. The molecule has 1 aliphatic heterocycles. The van der Waals surface area contributed by atoms with Crippen molar-refractivity contribution in [3.63, 3.8) is 0 Å². The summed E-state index contributed by atoms with van der Waals surface area (Å²) in [7, 11) is -3.77. The standard InChI is InChI=1S/C16H17N3O5S2/c1-11(20)17-8-6-14-4-5-16(25-14)26(23,24)18-9-7-12-2-3-13(19(21)22)10-15(12)18/h2-5,10H,6-9H2,1H3,(H,17,20). The Hall–Kier alpha value is -2.46. The number of thiophene rings is 1. The lowest BCUT2D eigenvalue weighted by molar-refractivity contribution is -0.384. The number of hydrogen-bond donors (Lipinski definition) is 1. The van der Waals surface area contributed by atoms with Crippen molar-refractivity contribution in [3.05, 3.63) is 50.9 Å². The number of hydrogen-bond acceptors (Lipinski definition) is 6. The van der Waals surface area contributed by atoms with Crippen LogP contribution in [0.25, 0.3) is 0 Å². The van der Waals surface area contributed by atoms with Gasteiger partial charge in [0.15, 0.2) is 0 Å². The average molecular weight is 395 g/mol. The number of nitrogens with zero attached hydrogens (tertiary/aromatic N) is 2. The van der Waals surface area contributed by atoms with Crippen molar-refractivity contribution < 1.29 is 18.1 Å². The minimum absolute atomic E-state index is 0.131. The molecule has 1 amide bonds. The first-order valence-electron chi connectivity index (χ1n) is 7.92. The number of non-ortho nitro benzene ring substituents is 1. The van der Waals surface area contributed by atoms with Gasteiger partial charge in [-0.05, 0) is 30.5 Å². The molecule has 2 heterocycles. The quantitative estimate of drug-likeness (QED) is 0.595. The van der Waals surface area contributed by atoms with Crippen LogP contribution in [0.15, 0.2) is 34.5 Å². The number of nitro groups is 1. The number of nitro benzene ring substituents is 1. The van der Waals surface area contributed by atoms with Crippen molar-refractivity contribution in [1.29, 1.82) is 0 Å². The van der Waals surface area contributed by atoms with Gasteiger partial charge < -0.3 is 5.32 Å². The third-order valence-electron chi connectivity index (χ3n) is 4.06. The summed E-state index contributed by atoms with van der Waals surface area (Å²) in [5.74, 6) is -0.135. The van der Waals surface area contributed by atoms with Crippen molar-refractivity contribution >= 4 is 38.6 Å². The highest BCUT2D eigenvalue weighted by atomic mass is 32.2. The van der Waals surface area contributed by atoms with E-state index in [0.717, 1.165) is 21.8 Å². The van der Waals surface area contributed by atoms with Crippen molar-refractivity contribution in [2.24, 2.45) is 0 Å². The molecule has 0 saturated heterocycles. The van der Waals surface area contributed by atoms with E-state index in [1.165, 1.54) is 23.4 Å². The Morgan fingerprint density at radius 3 is 2.81 bits per heavy atom. The zero-order valence-corrected chi connectivity index (χ0v) is 15.6. The lowest BCUT2D eigenvalue weighted by atomic mass is 10.1. The number of carbonyl (C=O) groups excluding carboxylic acids is 1. The molecular weight excluding hydrogens is 378 g/mol. The maximum atomic E-state index is 13.0. The van der Waals surface area contributed by atoms with Crippen LogP contribution in [-0.2, 0) is 27.7 Å². The molecule has 1 aromatic heterocycles. The molecule has 0 aliphatic carbocycles. The van der Waals surface area contributed by atoms with Crippen LogP contribution in [0.2, 0.25) is 0 Å². The molecule has 3 rings (SSSR count). The number of carbonyl (C=O) groups is 1. The van der Waals surface area contributed by atoms with Crippen molar-refractivity contribution in [3.8, 4) is 0 Å². The Labute approximate surface area is 154 Å². The Morgan fingerprint density at radius 2 is 2.12 bits per heavy atom. The summed E-state index contributed by atoms with van der Waals surface area (Å²) in [6.45, 7) is 2.13. The predicted molar refractivity (Wildman–Crippen MR) is 98.0 cm³/mol. The molecule has 8 nitrogen and oxygen atoms in total. The fourth-order valence-corrected chi connectivity index (χ4v) is 5.77. The second kappa shape index (κ2) is 7.04. The van der Waals surface area contributed by atoms with Crippen LogP contribution in [0.5, 0.6) is 0 Å². The fourth-order valence-electron chi connectivity index (χ4n) is 2.80. The second-order valence-electron chi connectivity index (χ2n) is 5.85. The maximum Gasteiger partial charge on any atom is 0.273 e. The summed E-state index contributed by atoms with van der Waals surface area (Å²) in [4.78, 5) is 22.2. The molecule has 0 radical (unpaired) electrons. The second-order valence-corrected chi connectivity index (χ2v) is 9.11. The number of benzene rings is 1. The van der Waals surface area contributed by atoms with E-state index in [9.17, 15) is 23.3 Å². The van der Waals surface area contributed by atoms with Gasteiger partial charge >= 0.3 is 0 Å². The number of nitrogens with one attached hydrogen (secondary N) is 1. The molecule has 2 aromatic rings. The fraction of sp³-hybridized carbons (Fsp3) is 0.312. The maximum absolute atomic E-state index is 13.0. The van der Waals surface area contributed by atoms with Crippen LogP contribution in [0.3, 0.4) is 0 Å². The van der Waals surface area contributed by atoms with Gasteiger partial charge in [0.2, 0.25) is 5.91 Å². The summed E-state index contributed by atoms with van der Waals surface area (Å²) >= 11 is 1.15. The first-order valence-corrected chi connectivity index (χ1v) is 10.2.